The Labute approximate surface area is 98.7 Å². The van der Waals surface area contributed by atoms with Crippen LogP contribution in [0.4, 0.5) is 0 Å². The monoisotopic (exact) mass is 224 g/mol. The van der Waals surface area contributed by atoms with Gasteiger partial charge >= 0.3 is 0 Å². The SMILES string of the molecule is OCc1cccc2[nH]nc(-c3ccccc3)c12. The molecule has 2 N–H and O–H groups in total. The molecule has 17 heavy (non-hydrogen) atoms. The molecule has 0 amide bonds. The van der Waals surface area contributed by atoms with Gasteiger partial charge in [-0.25, -0.2) is 0 Å². The molecule has 0 unspecified atom stereocenters. The van der Waals surface area contributed by atoms with Gasteiger partial charge in [0, 0.05) is 10.9 Å². The summed E-state index contributed by atoms with van der Waals surface area (Å²) >= 11 is 0. The van der Waals surface area contributed by atoms with Gasteiger partial charge < -0.3 is 5.11 Å². The fourth-order valence-corrected chi connectivity index (χ4v) is 2.08. The third-order valence-electron chi connectivity index (χ3n) is 2.89. The van der Waals surface area contributed by atoms with Crippen molar-refractivity contribution in [3.63, 3.8) is 0 Å². The van der Waals surface area contributed by atoms with E-state index in [9.17, 15) is 5.11 Å². The van der Waals surface area contributed by atoms with Gasteiger partial charge in [-0.3, -0.25) is 5.10 Å². The van der Waals surface area contributed by atoms with Gasteiger partial charge in [0.2, 0.25) is 0 Å². The summed E-state index contributed by atoms with van der Waals surface area (Å²) in [4.78, 5) is 0. The van der Waals surface area contributed by atoms with E-state index in [1.807, 2.05) is 48.5 Å². The van der Waals surface area contributed by atoms with Crippen LogP contribution < -0.4 is 0 Å². The second kappa shape index (κ2) is 4.03. The molecule has 0 spiro atoms. The molecule has 0 saturated carbocycles. The van der Waals surface area contributed by atoms with Gasteiger partial charge in [0.15, 0.2) is 0 Å². The molecule has 0 atom stereocenters. The molecule has 0 fully saturated rings. The summed E-state index contributed by atoms with van der Waals surface area (Å²) in [5.41, 5.74) is 3.80. The predicted molar refractivity (Wildman–Crippen MR) is 67.5 cm³/mol. The third-order valence-corrected chi connectivity index (χ3v) is 2.89. The van der Waals surface area contributed by atoms with Crippen LogP contribution in [0.25, 0.3) is 22.2 Å². The fourth-order valence-electron chi connectivity index (χ4n) is 2.08. The molecule has 0 saturated heterocycles. The van der Waals surface area contributed by atoms with E-state index in [1.54, 1.807) is 0 Å². The minimum absolute atomic E-state index is 0.0245. The van der Waals surface area contributed by atoms with E-state index in [0.717, 1.165) is 27.7 Å². The number of aliphatic hydroxyl groups is 1. The van der Waals surface area contributed by atoms with Crippen molar-refractivity contribution in [1.29, 1.82) is 0 Å². The van der Waals surface area contributed by atoms with Crippen LogP contribution in [0.5, 0.6) is 0 Å². The van der Waals surface area contributed by atoms with Crippen molar-refractivity contribution in [3.05, 3.63) is 54.1 Å². The highest BCUT2D eigenvalue weighted by molar-refractivity contribution is 5.95. The maximum absolute atomic E-state index is 9.38. The molecule has 3 rings (SSSR count). The molecule has 84 valence electrons. The maximum Gasteiger partial charge on any atom is 0.100 e. The van der Waals surface area contributed by atoms with E-state index < -0.39 is 0 Å². The molecule has 3 heteroatoms. The van der Waals surface area contributed by atoms with Crippen LogP contribution in [0.2, 0.25) is 0 Å². The van der Waals surface area contributed by atoms with Crippen molar-refractivity contribution in [2.24, 2.45) is 0 Å². The van der Waals surface area contributed by atoms with Crippen LogP contribution in [0, 0.1) is 0 Å². The first kappa shape index (κ1) is 10.1. The molecule has 0 aliphatic carbocycles. The average Bonchev–Trinajstić information content (AvgIpc) is 2.83. The largest absolute Gasteiger partial charge is 0.392 e. The molecule has 0 bridgehead atoms. The summed E-state index contributed by atoms with van der Waals surface area (Å²) in [6.07, 6.45) is 0. The van der Waals surface area contributed by atoms with Gasteiger partial charge in [-0.05, 0) is 11.6 Å². The van der Waals surface area contributed by atoms with Gasteiger partial charge in [0.25, 0.3) is 0 Å². The molecule has 1 aromatic heterocycles. The number of aromatic amines is 1. The van der Waals surface area contributed by atoms with E-state index in [4.69, 9.17) is 0 Å². The summed E-state index contributed by atoms with van der Waals surface area (Å²) < 4.78 is 0. The van der Waals surface area contributed by atoms with Crippen molar-refractivity contribution >= 4 is 10.9 Å². The molecule has 0 aliphatic rings. The minimum atomic E-state index is 0.0245. The number of hydrogen-bond donors (Lipinski definition) is 2. The Morgan fingerprint density at radius 2 is 1.82 bits per heavy atom. The molecule has 1 heterocycles. The Morgan fingerprint density at radius 3 is 2.59 bits per heavy atom. The highest BCUT2D eigenvalue weighted by atomic mass is 16.3. The highest BCUT2D eigenvalue weighted by Crippen LogP contribution is 2.28. The number of benzene rings is 2. The van der Waals surface area contributed by atoms with Crippen LogP contribution in [-0.2, 0) is 6.61 Å². The van der Waals surface area contributed by atoms with Crippen LogP contribution >= 0.6 is 0 Å². The van der Waals surface area contributed by atoms with Crippen molar-refractivity contribution in [1.82, 2.24) is 10.2 Å². The second-order valence-electron chi connectivity index (χ2n) is 3.94. The smallest absolute Gasteiger partial charge is 0.100 e. The van der Waals surface area contributed by atoms with Crippen molar-refractivity contribution in [2.75, 3.05) is 0 Å². The number of aliphatic hydroxyl groups excluding tert-OH is 1. The van der Waals surface area contributed by atoms with Gasteiger partial charge in [-0.2, -0.15) is 5.10 Å². The van der Waals surface area contributed by atoms with E-state index >= 15 is 0 Å². The summed E-state index contributed by atoms with van der Waals surface area (Å²) in [5, 5.41) is 17.7. The lowest BCUT2D eigenvalue weighted by Gasteiger charge is -2.01. The van der Waals surface area contributed by atoms with Gasteiger partial charge in [0.1, 0.15) is 5.69 Å². The third kappa shape index (κ3) is 1.61. The zero-order valence-corrected chi connectivity index (χ0v) is 9.22. The molecular weight excluding hydrogens is 212 g/mol. The van der Waals surface area contributed by atoms with E-state index in [-0.39, 0.29) is 6.61 Å². The lowest BCUT2D eigenvalue weighted by atomic mass is 10.0. The lowest BCUT2D eigenvalue weighted by molar-refractivity contribution is 0.283. The normalized spacial score (nSPS) is 10.9. The predicted octanol–water partition coefficient (Wildman–Crippen LogP) is 2.72. The molecule has 2 aromatic carbocycles. The first-order valence-corrected chi connectivity index (χ1v) is 5.52. The van der Waals surface area contributed by atoms with Crippen LogP contribution in [0.1, 0.15) is 5.56 Å². The minimum Gasteiger partial charge on any atom is -0.392 e. The number of rotatable bonds is 2. The number of H-pyrrole nitrogens is 1. The van der Waals surface area contributed by atoms with Crippen molar-refractivity contribution in [3.8, 4) is 11.3 Å². The van der Waals surface area contributed by atoms with Gasteiger partial charge in [-0.15, -0.1) is 0 Å². The standard InChI is InChI=1S/C14H12N2O/c17-9-11-7-4-8-12-13(11)14(16-15-12)10-5-2-1-3-6-10/h1-8,17H,9H2,(H,15,16). The maximum atomic E-state index is 9.38. The zero-order valence-electron chi connectivity index (χ0n) is 9.22. The number of nitrogens with one attached hydrogen (secondary N) is 1. The molecular formula is C14H12N2O. The zero-order chi connectivity index (χ0) is 11.7. The Balaban J connectivity index is 2.31. The Bertz CT molecular complexity index is 644. The van der Waals surface area contributed by atoms with Crippen LogP contribution in [0.15, 0.2) is 48.5 Å². The highest BCUT2D eigenvalue weighted by Gasteiger charge is 2.10. The fraction of sp³-hybridized carbons (Fsp3) is 0.0714. The van der Waals surface area contributed by atoms with Crippen LogP contribution in [0.3, 0.4) is 0 Å². The number of fused-ring (bicyclic) bond motifs is 1. The van der Waals surface area contributed by atoms with E-state index in [0.29, 0.717) is 0 Å². The Hall–Kier alpha value is -2.13. The molecule has 3 nitrogen and oxygen atoms in total. The van der Waals surface area contributed by atoms with Crippen LogP contribution in [-0.4, -0.2) is 15.3 Å². The average molecular weight is 224 g/mol. The molecule has 3 aromatic rings. The summed E-state index contributed by atoms with van der Waals surface area (Å²) in [6.45, 7) is 0.0245. The van der Waals surface area contributed by atoms with Crippen molar-refractivity contribution < 1.29 is 5.11 Å². The summed E-state index contributed by atoms with van der Waals surface area (Å²) in [5.74, 6) is 0. The first-order chi connectivity index (χ1) is 8.40. The summed E-state index contributed by atoms with van der Waals surface area (Å²) in [7, 11) is 0. The molecule has 0 radical (unpaired) electrons. The Kier molecular flexibility index (Phi) is 2.38. The number of hydrogen-bond acceptors (Lipinski definition) is 2. The number of nitrogens with zero attached hydrogens (tertiary/aromatic N) is 1. The van der Waals surface area contributed by atoms with E-state index in [1.165, 1.54) is 0 Å². The Morgan fingerprint density at radius 1 is 1.00 bits per heavy atom. The number of aromatic nitrogens is 2. The lowest BCUT2D eigenvalue weighted by Crippen LogP contribution is -1.85. The second-order valence-corrected chi connectivity index (χ2v) is 3.94. The summed E-state index contributed by atoms with van der Waals surface area (Å²) in [6, 6.07) is 15.8. The van der Waals surface area contributed by atoms with Gasteiger partial charge in [-0.1, -0.05) is 42.5 Å². The first-order valence-electron chi connectivity index (χ1n) is 5.52. The molecule has 0 aliphatic heterocycles. The quantitative estimate of drug-likeness (QED) is 0.703. The van der Waals surface area contributed by atoms with E-state index in [2.05, 4.69) is 10.2 Å². The topological polar surface area (TPSA) is 48.9 Å². The van der Waals surface area contributed by atoms with Gasteiger partial charge in [0.05, 0.1) is 12.1 Å². The van der Waals surface area contributed by atoms with Crippen molar-refractivity contribution in [2.45, 2.75) is 6.61 Å².